The van der Waals surface area contributed by atoms with Crippen LogP contribution in [0.4, 0.5) is 0 Å². The Morgan fingerprint density at radius 1 is 0.366 bits per heavy atom. The Bertz CT molecular complexity index is 871. The molecule has 0 aliphatic heterocycles. The van der Waals surface area contributed by atoms with Crippen molar-refractivity contribution in [2.24, 2.45) is 11.1 Å². The summed E-state index contributed by atoms with van der Waals surface area (Å²) in [5.74, 6) is 0. The van der Waals surface area contributed by atoms with E-state index in [9.17, 15) is 0 Å². The van der Waals surface area contributed by atoms with E-state index in [-0.39, 0.29) is 22.4 Å². The second kappa shape index (κ2) is 22.7. The van der Waals surface area contributed by atoms with Gasteiger partial charge in [0, 0.05) is 0 Å². The smallest absolute Gasteiger partial charge is 0.00773 e. The molecule has 3 aromatic rings. The second-order valence-electron chi connectivity index (χ2n) is 12.3. The fourth-order valence-electron chi connectivity index (χ4n) is 6.48. The number of benzene rings is 3. The minimum atomic E-state index is 0. The third-order valence-electron chi connectivity index (χ3n) is 8.68. The third-order valence-corrected chi connectivity index (χ3v) is 8.68. The summed E-state index contributed by atoms with van der Waals surface area (Å²) in [6.07, 6.45) is 25.5. The van der Waals surface area contributed by atoms with Crippen molar-refractivity contribution < 1.29 is 0 Å². The minimum Gasteiger partial charge on any atom is -0.330 e. The molecular formula is C39H58BrN. The molecule has 0 spiro atoms. The van der Waals surface area contributed by atoms with Gasteiger partial charge in [-0.1, -0.05) is 181 Å². The Kier molecular flexibility index (Phi) is 19.5. The topological polar surface area (TPSA) is 26.0 Å². The summed E-state index contributed by atoms with van der Waals surface area (Å²) in [5.41, 5.74) is 10.2. The van der Waals surface area contributed by atoms with Gasteiger partial charge >= 0.3 is 0 Å². The maximum Gasteiger partial charge on any atom is -0.00773 e. The van der Waals surface area contributed by atoms with Crippen molar-refractivity contribution in [3.8, 4) is 0 Å². The normalized spacial score (nSPS) is 11.3. The average molecular weight is 621 g/mol. The Labute approximate surface area is 263 Å². The van der Waals surface area contributed by atoms with Crippen LogP contribution in [0.15, 0.2) is 91.0 Å². The quantitative estimate of drug-likeness (QED) is 0.105. The third kappa shape index (κ3) is 15.8. The summed E-state index contributed by atoms with van der Waals surface area (Å²) < 4.78 is 0. The van der Waals surface area contributed by atoms with Gasteiger partial charge < -0.3 is 5.73 Å². The van der Waals surface area contributed by atoms with Gasteiger partial charge in [-0.05, 0) is 60.8 Å². The van der Waals surface area contributed by atoms with Crippen LogP contribution < -0.4 is 5.73 Å². The van der Waals surface area contributed by atoms with E-state index in [2.05, 4.69) is 91.0 Å². The van der Waals surface area contributed by atoms with E-state index in [1.54, 1.807) is 0 Å². The van der Waals surface area contributed by atoms with Crippen LogP contribution in [0.5, 0.6) is 0 Å². The van der Waals surface area contributed by atoms with Crippen molar-refractivity contribution in [1.82, 2.24) is 0 Å². The van der Waals surface area contributed by atoms with Crippen molar-refractivity contribution in [3.63, 3.8) is 0 Å². The summed E-state index contributed by atoms with van der Waals surface area (Å²) in [7, 11) is 0. The SMILES string of the molecule is Br.NCCCCCCCCCCCCCCCCCC(Cc1ccccc1)(Cc1ccccc1)Cc1ccccc1. The standard InChI is InChI=1S/C39H57N.BrH/c40-32-24-13-11-9-7-5-3-1-2-4-6-8-10-12-23-31-39(33-36-25-17-14-18-26-36,34-37-27-19-15-20-28-37)35-38-29-21-16-22-30-38;/h14-22,25-30H,1-13,23-24,31-35,40H2;1H. The van der Waals surface area contributed by atoms with E-state index in [1.807, 2.05) is 0 Å². The van der Waals surface area contributed by atoms with Crippen LogP contribution in [0.2, 0.25) is 0 Å². The second-order valence-corrected chi connectivity index (χ2v) is 12.3. The lowest BCUT2D eigenvalue weighted by Gasteiger charge is -2.35. The molecule has 0 radical (unpaired) electrons. The molecule has 1 nitrogen and oxygen atoms in total. The van der Waals surface area contributed by atoms with Crippen molar-refractivity contribution in [1.29, 1.82) is 0 Å². The van der Waals surface area contributed by atoms with Crippen LogP contribution in [0.25, 0.3) is 0 Å². The Hall–Kier alpha value is -1.90. The maximum absolute atomic E-state index is 5.58. The number of unbranched alkanes of at least 4 members (excludes halogenated alkanes) is 14. The molecule has 226 valence electrons. The van der Waals surface area contributed by atoms with Gasteiger partial charge in [0.1, 0.15) is 0 Å². The summed E-state index contributed by atoms with van der Waals surface area (Å²) in [6.45, 7) is 0.859. The molecule has 0 aromatic heterocycles. The largest absolute Gasteiger partial charge is 0.330 e. The zero-order valence-corrected chi connectivity index (χ0v) is 27.5. The van der Waals surface area contributed by atoms with E-state index in [1.165, 1.54) is 119 Å². The van der Waals surface area contributed by atoms with Crippen LogP contribution in [-0.4, -0.2) is 6.54 Å². The van der Waals surface area contributed by atoms with Crippen LogP contribution >= 0.6 is 17.0 Å². The maximum atomic E-state index is 5.58. The van der Waals surface area contributed by atoms with Gasteiger partial charge in [-0.2, -0.15) is 0 Å². The highest BCUT2D eigenvalue weighted by Gasteiger charge is 2.30. The first-order valence-corrected chi connectivity index (χ1v) is 16.6. The molecule has 0 fully saturated rings. The van der Waals surface area contributed by atoms with Gasteiger partial charge in [0.05, 0.1) is 0 Å². The minimum absolute atomic E-state index is 0. The first-order chi connectivity index (χ1) is 19.8. The highest BCUT2D eigenvalue weighted by Crippen LogP contribution is 2.37. The highest BCUT2D eigenvalue weighted by atomic mass is 79.9. The summed E-state index contributed by atoms with van der Waals surface area (Å²) in [6, 6.07) is 33.6. The van der Waals surface area contributed by atoms with E-state index in [4.69, 9.17) is 5.73 Å². The lowest BCUT2D eigenvalue weighted by Crippen LogP contribution is -2.30. The molecule has 3 rings (SSSR count). The van der Waals surface area contributed by atoms with Crippen LogP contribution in [0.3, 0.4) is 0 Å². The molecule has 0 unspecified atom stereocenters. The predicted octanol–water partition coefficient (Wildman–Crippen LogP) is 11.5. The summed E-state index contributed by atoms with van der Waals surface area (Å²) >= 11 is 0. The van der Waals surface area contributed by atoms with Gasteiger partial charge in [-0.15, -0.1) is 17.0 Å². The van der Waals surface area contributed by atoms with E-state index in [0.717, 1.165) is 25.8 Å². The molecule has 0 bridgehead atoms. The fraction of sp³-hybridized carbons (Fsp3) is 0.538. The number of rotatable bonds is 23. The monoisotopic (exact) mass is 619 g/mol. The van der Waals surface area contributed by atoms with E-state index < -0.39 is 0 Å². The number of hydrogen-bond acceptors (Lipinski definition) is 1. The van der Waals surface area contributed by atoms with Gasteiger partial charge in [0.2, 0.25) is 0 Å². The molecule has 2 heteroatoms. The van der Waals surface area contributed by atoms with Crippen LogP contribution in [0.1, 0.15) is 119 Å². The van der Waals surface area contributed by atoms with Crippen molar-refractivity contribution >= 4 is 17.0 Å². The average Bonchev–Trinajstić information content (AvgIpc) is 2.98. The van der Waals surface area contributed by atoms with Crippen molar-refractivity contribution in [2.45, 2.75) is 122 Å². The first-order valence-electron chi connectivity index (χ1n) is 16.6. The number of nitrogens with two attached hydrogens (primary N) is 1. The summed E-state index contributed by atoms with van der Waals surface area (Å²) in [5, 5.41) is 0. The molecule has 0 amide bonds. The summed E-state index contributed by atoms with van der Waals surface area (Å²) in [4.78, 5) is 0. The molecule has 0 saturated heterocycles. The fourth-order valence-corrected chi connectivity index (χ4v) is 6.48. The van der Waals surface area contributed by atoms with Gasteiger partial charge in [-0.25, -0.2) is 0 Å². The van der Waals surface area contributed by atoms with Gasteiger partial charge in [0.25, 0.3) is 0 Å². The highest BCUT2D eigenvalue weighted by molar-refractivity contribution is 8.93. The Morgan fingerprint density at radius 3 is 0.927 bits per heavy atom. The molecule has 2 N–H and O–H groups in total. The molecule has 3 aromatic carbocycles. The van der Waals surface area contributed by atoms with Crippen LogP contribution in [0, 0.1) is 5.41 Å². The Balaban J connectivity index is 0.00000588. The van der Waals surface area contributed by atoms with Gasteiger partial charge in [0.15, 0.2) is 0 Å². The van der Waals surface area contributed by atoms with Crippen molar-refractivity contribution in [2.75, 3.05) is 6.54 Å². The molecule has 41 heavy (non-hydrogen) atoms. The lowest BCUT2D eigenvalue weighted by molar-refractivity contribution is 0.243. The van der Waals surface area contributed by atoms with E-state index in [0.29, 0.717) is 0 Å². The molecule has 0 aliphatic carbocycles. The van der Waals surface area contributed by atoms with Gasteiger partial charge in [-0.3, -0.25) is 0 Å². The number of halogens is 1. The Morgan fingerprint density at radius 2 is 0.634 bits per heavy atom. The van der Waals surface area contributed by atoms with Crippen molar-refractivity contribution in [3.05, 3.63) is 108 Å². The van der Waals surface area contributed by atoms with E-state index >= 15 is 0 Å². The molecule has 0 atom stereocenters. The first kappa shape index (κ1) is 35.3. The molecule has 0 aliphatic rings. The lowest BCUT2D eigenvalue weighted by atomic mass is 9.69. The number of hydrogen-bond donors (Lipinski definition) is 1. The zero-order chi connectivity index (χ0) is 28.0. The van der Waals surface area contributed by atoms with Crippen LogP contribution in [-0.2, 0) is 19.3 Å². The molecule has 0 saturated carbocycles. The molecule has 0 heterocycles. The zero-order valence-electron chi connectivity index (χ0n) is 25.8. The molecular weight excluding hydrogens is 562 g/mol. The predicted molar refractivity (Wildman–Crippen MR) is 186 cm³/mol.